The van der Waals surface area contributed by atoms with Crippen LogP contribution in [0, 0.1) is 0 Å². The number of nitrogens with zero attached hydrogens (tertiary/aromatic N) is 1. The maximum absolute atomic E-state index is 12.0. The summed E-state index contributed by atoms with van der Waals surface area (Å²) in [5.74, 6) is -0.0633. The van der Waals surface area contributed by atoms with Crippen molar-refractivity contribution in [3.05, 3.63) is 0 Å². The van der Waals surface area contributed by atoms with E-state index in [1.807, 2.05) is 20.8 Å². The Bertz CT molecular complexity index is 287. The monoisotopic (exact) mass is 242 g/mol. The summed E-state index contributed by atoms with van der Waals surface area (Å²) >= 11 is 0. The van der Waals surface area contributed by atoms with Gasteiger partial charge in [-0.15, -0.1) is 0 Å². The van der Waals surface area contributed by atoms with Crippen molar-refractivity contribution in [3.63, 3.8) is 0 Å². The van der Waals surface area contributed by atoms with Crippen molar-refractivity contribution < 1.29 is 14.3 Å². The van der Waals surface area contributed by atoms with Crippen molar-refractivity contribution >= 4 is 11.8 Å². The van der Waals surface area contributed by atoms with Gasteiger partial charge in [0.05, 0.1) is 13.2 Å². The smallest absolute Gasteiger partial charge is 0.246 e. The molecule has 1 aliphatic rings. The van der Waals surface area contributed by atoms with Crippen molar-refractivity contribution in [2.75, 3.05) is 26.3 Å². The minimum absolute atomic E-state index is 0.0204. The second-order valence-electron chi connectivity index (χ2n) is 4.16. The molecule has 0 aromatic carbocycles. The molecule has 5 nitrogen and oxygen atoms in total. The number of carbonyl (C=O) groups is 2. The highest BCUT2D eigenvalue weighted by Gasteiger charge is 2.46. The molecule has 0 aromatic rings. The van der Waals surface area contributed by atoms with Crippen LogP contribution < -0.4 is 5.32 Å². The summed E-state index contributed by atoms with van der Waals surface area (Å²) in [5, 5.41) is 2.67. The number of rotatable bonds is 6. The van der Waals surface area contributed by atoms with Gasteiger partial charge in [-0.2, -0.15) is 0 Å². The predicted octanol–water partition coefficient (Wildman–Crippen LogP) is 0.540. The van der Waals surface area contributed by atoms with Gasteiger partial charge in [0, 0.05) is 13.2 Å². The molecule has 1 rings (SSSR count). The lowest BCUT2D eigenvalue weighted by atomic mass is 9.87. The standard InChI is InChI=1S/C12H22N2O3/c1-4-12(5-2)11(16)13-9-10(15)14(12)7-8-17-6-3/h4-9H2,1-3H3,(H,13,16). The Balaban J connectivity index is 2.84. The van der Waals surface area contributed by atoms with Crippen molar-refractivity contribution in [2.45, 2.75) is 39.2 Å². The van der Waals surface area contributed by atoms with Gasteiger partial charge in [-0.05, 0) is 19.8 Å². The maximum atomic E-state index is 12.0. The van der Waals surface area contributed by atoms with E-state index in [1.165, 1.54) is 0 Å². The first-order valence-electron chi connectivity index (χ1n) is 6.28. The molecule has 1 heterocycles. The third-order valence-corrected chi connectivity index (χ3v) is 3.47. The molecular weight excluding hydrogens is 220 g/mol. The molecule has 17 heavy (non-hydrogen) atoms. The molecule has 0 aromatic heterocycles. The third-order valence-electron chi connectivity index (χ3n) is 3.47. The molecule has 98 valence electrons. The third kappa shape index (κ3) is 2.60. The van der Waals surface area contributed by atoms with Gasteiger partial charge < -0.3 is 15.0 Å². The van der Waals surface area contributed by atoms with E-state index in [0.29, 0.717) is 32.6 Å². The molecule has 0 radical (unpaired) electrons. The molecule has 0 atom stereocenters. The summed E-state index contributed by atoms with van der Waals surface area (Å²) in [5.41, 5.74) is -0.688. The zero-order valence-electron chi connectivity index (χ0n) is 10.9. The molecule has 1 N–H and O–H groups in total. The minimum atomic E-state index is -0.688. The van der Waals surface area contributed by atoms with E-state index in [4.69, 9.17) is 4.74 Å². The first-order valence-corrected chi connectivity index (χ1v) is 6.28. The SMILES string of the molecule is CCOCCN1C(=O)CNC(=O)C1(CC)CC. The summed E-state index contributed by atoms with van der Waals surface area (Å²) in [6, 6.07) is 0. The first-order chi connectivity index (χ1) is 8.12. The Morgan fingerprint density at radius 3 is 2.47 bits per heavy atom. The quantitative estimate of drug-likeness (QED) is 0.692. The average molecular weight is 242 g/mol. The van der Waals surface area contributed by atoms with Crippen molar-refractivity contribution in [1.82, 2.24) is 10.2 Å². The number of ether oxygens (including phenoxy) is 1. The second kappa shape index (κ2) is 6.00. The predicted molar refractivity (Wildman–Crippen MR) is 64.5 cm³/mol. The fraction of sp³-hybridized carbons (Fsp3) is 0.833. The van der Waals surface area contributed by atoms with Crippen LogP contribution in [-0.4, -0.2) is 48.6 Å². The van der Waals surface area contributed by atoms with E-state index >= 15 is 0 Å². The highest BCUT2D eigenvalue weighted by atomic mass is 16.5. The van der Waals surface area contributed by atoms with E-state index in [2.05, 4.69) is 5.32 Å². The lowest BCUT2D eigenvalue weighted by Crippen LogP contribution is -2.67. The highest BCUT2D eigenvalue weighted by Crippen LogP contribution is 2.26. The van der Waals surface area contributed by atoms with Crippen LogP contribution in [0.1, 0.15) is 33.6 Å². The average Bonchev–Trinajstić information content (AvgIpc) is 2.34. The van der Waals surface area contributed by atoms with E-state index in [1.54, 1.807) is 4.90 Å². The number of hydrogen-bond donors (Lipinski definition) is 1. The van der Waals surface area contributed by atoms with Crippen LogP contribution in [0.25, 0.3) is 0 Å². The Kier molecular flexibility index (Phi) is 4.93. The highest BCUT2D eigenvalue weighted by molar-refractivity contribution is 5.97. The number of hydrogen-bond acceptors (Lipinski definition) is 3. The molecule has 0 spiro atoms. The van der Waals surface area contributed by atoms with Crippen molar-refractivity contribution in [3.8, 4) is 0 Å². The van der Waals surface area contributed by atoms with Gasteiger partial charge in [-0.1, -0.05) is 13.8 Å². The molecule has 1 aliphatic heterocycles. The van der Waals surface area contributed by atoms with Crippen LogP contribution in [0.2, 0.25) is 0 Å². The molecule has 2 amide bonds. The summed E-state index contributed by atoms with van der Waals surface area (Å²) in [6.07, 6.45) is 1.26. The Labute approximate surface area is 102 Å². The summed E-state index contributed by atoms with van der Waals surface area (Å²) in [4.78, 5) is 25.6. The molecule has 0 unspecified atom stereocenters. The fourth-order valence-electron chi connectivity index (χ4n) is 2.37. The molecule has 1 saturated heterocycles. The number of piperazine rings is 1. The molecule has 0 aliphatic carbocycles. The Morgan fingerprint density at radius 1 is 1.29 bits per heavy atom. The Morgan fingerprint density at radius 2 is 1.94 bits per heavy atom. The van der Waals surface area contributed by atoms with Gasteiger partial charge in [0.15, 0.2) is 0 Å². The van der Waals surface area contributed by atoms with Crippen LogP contribution in [0.5, 0.6) is 0 Å². The van der Waals surface area contributed by atoms with Gasteiger partial charge >= 0.3 is 0 Å². The molecule has 1 fully saturated rings. The van der Waals surface area contributed by atoms with Crippen molar-refractivity contribution in [1.29, 1.82) is 0 Å². The fourth-order valence-corrected chi connectivity index (χ4v) is 2.37. The van der Waals surface area contributed by atoms with Crippen LogP contribution in [-0.2, 0) is 14.3 Å². The number of amides is 2. The topological polar surface area (TPSA) is 58.6 Å². The summed E-state index contributed by atoms with van der Waals surface area (Å²) in [6.45, 7) is 7.49. The van der Waals surface area contributed by atoms with E-state index in [0.717, 1.165) is 0 Å². The zero-order chi connectivity index (χ0) is 12.9. The van der Waals surface area contributed by atoms with Crippen LogP contribution in [0.3, 0.4) is 0 Å². The second-order valence-corrected chi connectivity index (χ2v) is 4.16. The van der Waals surface area contributed by atoms with E-state index in [9.17, 15) is 9.59 Å². The van der Waals surface area contributed by atoms with Crippen LogP contribution in [0.15, 0.2) is 0 Å². The number of nitrogens with one attached hydrogen (secondary N) is 1. The maximum Gasteiger partial charge on any atom is 0.246 e. The van der Waals surface area contributed by atoms with Gasteiger partial charge in [0.1, 0.15) is 5.54 Å². The van der Waals surface area contributed by atoms with Gasteiger partial charge in [-0.25, -0.2) is 0 Å². The van der Waals surface area contributed by atoms with Crippen molar-refractivity contribution in [2.24, 2.45) is 0 Å². The molecule has 5 heteroatoms. The molecular formula is C12H22N2O3. The number of carbonyl (C=O) groups excluding carboxylic acids is 2. The largest absolute Gasteiger partial charge is 0.380 e. The van der Waals surface area contributed by atoms with Gasteiger partial charge in [-0.3, -0.25) is 9.59 Å². The van der Waals surface area contributed by atoms with Crippen LogP contribution in [0.4, 0.5) is 0 Å². The summed E-state index contributed by atoms with van der Waals surface area (Å²) in [7, 11) is 0. The van der Waals surface area contributed by atoms with E-state index in [-0.39, 0.29) is 18.4 Å². The van der Waals surface area contributed by atoms with Gasteiger partial charge in [0.2, 0.25) is 11.8 Å². The van der Waals surface area contributed by atoms with E-state index < -0.39 is 5.54 Å². The lowest BCUT2D eigenvalue weighted by molar-refractivity contribution is -0.155. The minimum Gasteiger partial charge on any atom is -0.380 e. The Hall–Kier alpha value is -1.10. The molecule has 0 bridgehead atoms. The lowest BCUT2D eigenvalue weighted by Gasteiger charge is -2.44. The first kappa shape index (κ1) is 14.0. The normalized spacial score (nSPS) is 19.4. The van der Waals surface area contributed by atoms with Gasteiger partial charge in [0.25, 0.3) is 0 Å². The molecule has 0 saturated carbocycles. The van der Waals surface area contributed by atoms with Crippen LogP contribution >= 0.6 is 0 Å². The zero-order valence-corrected chi connectivity index (χ0v) is 10.9. The summed E-state index contributed by atoms with van der Waals surface area (Å²) < 4.78 is 5.28.